The van der Waals surface area contributed by atoms with Crippen molar-refractivity contribution in [3.63, 3.8) is 0 Å². The highest BCUT2D eigenvalue weighted by Gasteiger charge is 2.17. The van der Waals surface area contributed by atoms with Gasteiger partial charge in [-0.05, 0) is 18.9 Å². The third-order valence-corrected chi connectivity index (χ3v) is 3.26. The molecule has 2 aromatic rings. The summed E-state index contributed by atoms with van der Waals surface area (Å²) in [5.74, 6) is -1.55. The van der Waals surface area contributed by atoms with Crippen molar-refractivity contribution in [2.24, 2.45) is 0 Å². The highest BCUT2D eigenvalue weighted by Crippen LogP contribution is 2.37. The van der Waals surface area contributed by atoms with Gasteiger partial charge in [-0.25, -0.2) is 0 Å². The molecule has 0 aliphatic carbocycles. The summed E-state index contributed by atoms with van der Waals surface area (Å²) in [4.78, 5) is 0. The molecule has 0 spiro atoms. The molecular formula is C15H16O6. The number of phenols is 5. The fourth-order valence-electron chi connectivity index (χ4n) is 2.14. The molecule has 0 aliphatic heterocycles. The number of benzene rings is 2. The lowest BCUT2D eigenvalue weighted by Gasteiger charge is -2.14. The summed E-state index contributed by atoms with van der Waals surface area (Å²) in [6, 6.07) is 6.43. The smallest absolute Gasteiger partial charge is 0.163 e. The molecule has 0 fully saturated rings. The first kappa shape index (κ1) is 14.8. The van der Waals surface area contributed by atoms with E-state index in [4.69, 9.17) is 0 Å². The summed E-state index contributed by atoms with van der Waals surface area (Å²) < 4.78 is 0. The third kappa shape index (κ3) is 3.11. The van der Waals surface area contributed by atoms with Gasteiger partial charge in [0.15, 0.2) is 11.5 Å². The lowest BCUT2D eigenvalue weighted by Crippen LogP contribution is -2.00. The Morgan fingerprint density at radius 2 is 1.48 bits per heavy atom. The van der Waals surface area contributed by atoms with E-state index < -0.39 is 11.9 Å². The van der Waals surface area contributed by atoms with Crippen LogP contribution >= 0.6 is 0 Å². The normalized spacial score (nSPS) is 12.2. The minimum absolute atomic E-state index is 0.100. The maximum Gasteiger partial charge on any atom is 0.163 e. The first-order chi connectivity index (χ1) is 9.90. The van der Waals surface area contributed by atoms with Crippen molar-refractivity contribution in [3.8, 4) is 28.7 Å². The highest BCUT2D eigenvalue weighted by atomic mass is 16.3. The van der Waals surface area contributed by atoms with Crippen LogP contribution in [-0.2, 0) is 6.42 Å². The number of aliphatic hydroxyl groups is 1. The fraction of sp³-hybridized carbons (Fsp3) is 0.200. The van der Waals surface area contributed by atoms with Crippen LogP contribution in [0.25, 0.3) is 0 Å². The van der Waals surface area contributed by atoms with Crippen LogP contribution in [0.4, 0.5) is 0 Å². The van der Waals surface area contributed by atoms with E-state index >= 15 is 0 Å². The molecule has 0 saturated heterocycles. The fourth-order valence-corrected chi connectivity index (χ4v) is 2.14. The molecule has 21 heavy (non-hydrogen) atoms. The molecule has 0 bridgehead atoms. The van der Waals surface area contributed by atoms with E-state index in [0.29, 0.717) is 0 Å². The molecule has 0 radical (unpaired) electrons. The second-order valence-corrected chi connectivity index (χ2v) is 4.73. The zero-order valence-electron chi connectivity index (χ0n) is 11.1. The Kier molecular flexibility index (Phi) is 4.09. The molecule has 0 saturated carbocycles. The summed E-state index contributed by atoms with van der Waals surface area (Å²) in [7, 11) is 0. The minimum atomic E-state index is -1.08. The molecule has 6 heteroatoms. The zero-order chi connectivity index (χ0) is 15.6. The van der Waals surface area contributed by atoms with Crippen molar-refractivity contribution in [3.05, 3.63) is 41.5 Å². The van der Waals surface area contributed by atoms with Gasteiger partial charge in [0.2, 0.25) is 0 Å². The molecule has 112 valence electrons. The Bertz CT molecular complexity index is 630. The molecule has 0 heterocycles. The monoisotopic (exact) mass is 292 g/mol. The van der Waals surface area contributed by atoms with E-state index in [1.54, 1.807) is 0 Å². The Balaban J connectivity index is 2.15. The second kappa shape index (κ2) is 5.80. The molecular weight excluding hydrogens is 276 g/mol. The van der Waals surface area contributed by atoms with Gasteiger partial charge < -0.3 is 30.6 Å². The van der Waals surface area contributed by atoms with Crippen LogP contribution in [0.5, 0.6) is 28.7 Å². The lowest BCUT2D eigenvalue weighted by molar-refractivity contribution is 0.163. The summed E-state index contributed by atoms with van der Waals surface area (Å²) in [5.41, 5.74) is 0.347. The van der Waals surface area contributed by atoms with Crippen molar-refractivity contribution in [2.45, 2.75) is 18.9 Å². The Morgan fingerprint density at radius 3 is 2.10 bits per heavy atom. The molecule has 0 amide bonds. The first-order valence-electron chi connectivity index (χ1n) is 6.33. The number of para-hydroxylation sites is 1. The van der Waals surface area contributed by atoms with Crippen molar-refractivity contribution in [1.82, 2.24) is 0 Å². The van der Waals surface area contributed by atoms with Gasteiger partial charge >= 0.3 is 0 Å². The predicted octanol–water partition coefficient (Wildman–Crippen LogP) is 1.88. The third-order valence-electron chi connectivity index (χ3n) is 3.26. The number of phenolic OH excluding ortho intramolecular Hbond substituents is 5. The lowest BCUT2D eigenvalue weighted by atomic mass is 9.99. The number of aromatic hydroxyl groups is 5. The first-order valence-corrected chi connectivity index (χ1v) is 6.33. The zero-order valence-corrected chi connectivity index (χ0v) is 11.1. The van der Waals surface area contributed by atoms with E-state index in [-0.39, 0.29) is 47.0 Å². The molecule has 1 unspecified atom stereocenters. The van der Waals surface area contributed by atoms with Crippen LogP contribution in [0.3, 0.4) is 0 Å². The van der Waals surface area contributed by atoms with Gasteiger partial charge in [0.05, 0.1) is 6.10 Å². The van der Waals surface area contributed by atoms with Gasteiger partial charge in [0.25, 0.3) is 0 Å². The van der Waals surface area contributed by atoms with Crippen LogP contribution < -0.4 is 0 Å². The van der Waals surface area contributed by atoms with Gasteiger partial charge in [0, 0.05) is 23.3 Å². The van der Waals surface area contributed by atoms with E-state index in [0.717, 1.165) is 12.1 Å². The summed E-state index contributed by atoms with van der Waals surface area (Å²) in [6.45, 7) is 0. The molecule has 6 nitrogen and oxygen atoms in total. The molecule has 0 aliphatic rings. The number of rotatable bonds is 4. The molecule has 0 aromatic heterocycles. The van der Waals surface area contributed by atoms with Crippen molar-refractivity contribution in [1.29, 1.82) is 0 Å². The minimum Gasteiger partial charge on any atom is -0.508 e. The maximum atomic E-state index is 10.0. The van der Waals surface area contributed by atoms with E-state index in [1.165, 1.54) is 18.2 Å². The van der Waals surface area contributed by atoms with Gasteiger partial charge in [-0.3, -0.25) is 0 Å². The van der Waals surface area contributed by atoms with Crippen LogP contribution in [0.2, 0.25) is 0 Å². The average molecular weight is 292 g/mol. The van der Waals surface area contributed by atoms with Gasteiger partial charge in [-0.15, -0.1) is 0 Å². The molecule has 6 N–H and O–H groups in total. The summed E-state index contributed by atoms with van der Waals surface area (Å²) in [6.07, 6.45) is -0.860. The predicted molar refractivity (Wildman–Crippen MR) is 74.5 cm³/mol. The molecule has 1 atom stereocenters. The van der Waals surface area contributed by atoms with E-state index in [2.05, 4.69) is 0 Å². The molecule has 2 rings (SSSR count). The van der Waals surface area contributed by atoms with Crippen molar-refractivity contribution in [2.75, 3.05) is 0 Å². The highest BCUT2D eigenvalue weighted by molar-refractivity contribution is 5.49. The second-order valence-electron chi connectivity index (χ2n) is 4.73. The van der Waals surface area contributed by atoms with Crippen LogP contribution in [0.15, 0.2) is 30.3 Å². The van der Waals surface area contributed by atoms with Gasteiger partial charge in [-0.1, -0.05) is 12.1 Å². The van der Waals surface area contributed by atoms with Crippen LogP contribution in [0, 0.1) is 0 Å². The number of aliphatic hydroxyl groups excluding tert-OH is 1. The van der Waals surface area contributed by atoms with Crippen LogP contribution in [-0.4, -0.2) is 30.6 Å². The van der Waals surface area contributed by atoms with E-state index in [1.807, 2.05) is 0 Å². The molecule has 2 aromatic carbocycles. The number of hydrogen-bond donors (Lipinski definition) is 6. The summed E-state index contributed by atoms with van der Waals surface area (Å²) >= 11 is 0. The SMILES string of the molecule is Oc1cc(O)c(CCC(O)c2cccc(O)c2O)c(O)c1. The van der Waals surface area contributed by atoms with Gasteiger partial charge in [0.1, 0.15) is 17.2 Å². The largest absolute Gasteiger partial charge is 0.508 e. The van der Waals surface area contributed by atoms with Gasteiger partial charge in [-0.2, -0.15) is 0 Å². The Hall–Kier alpha value is -2.60. The van der Waals surface area contributed by atoms with Crippen LogP contribution in [0.1, 0.15) is 23.7 Å². The quantitative estimate of drug-likeness (QED) is 0.478. The average Bonchev–Trinajstić information content (AvgIpc) is 2.40. The van der Waals surface area contributed by atoms with Crippen molar-refractivity contribution >= 4 is 0 Å². The Morgan fingerprint density at radius 1 is 0.857 bits per heavy atom. The Labute approximate surface area is 120 Å². The standard InChI is InChI=1S/C15H16O6/c16-8-6-13(19)9(14(20)7-8)4-5-11(17)10-2-1-3-12(18)15(10)21/h1-3,6-7,11,16-21H,4-5H2. The van der Waals surface area contributed by atoms with Crippen molar-refractivity contribution < 1.29 is 30.6 Å². The maximum absolute atomic E-state index is 10.0. The topological polar surface area (TPSA) is 121 Å². The number of hydrogen-bond acceptors (Lipinski definition) is 6. The van der Waals surface area contributed by atoms with E-state index in [9.17, 15) is 30.6 Å². The summed E-state index contributed by atoms with van der Waals surface area (Å²) in [5, 5.41) is 57.6.